The maximum Gasteiger partial charge on any atom is 0.326 e. The number of ether oxygens (including phenoxy) is 1. The predicted octanol–water partition coefficient (Wildman–Crippen LogP) is 7.88. The number of esters is 1. The van der Waals surface area contributed by atoms with Gasteiger partial charge in [-0.15, -0.1) is 0 Å². The number of aliphatic carboxylic acids is 1. The molecule has 0 saturated carbocycles. The molecule has 0 aliphatic heterocycles. The first kappa shape index (κ1) is 39.1. The summed E-state index contributed by atoms with van der Waals surface area (Å²) in [4.78, 5) is 35.6. The van der Waals surface area contributed by atoms with Gasteiger partial charge in [0.05, 0.1) is 0 Å². The number of nitrogens with two attached hydrogens (primary N) is 1. The number of carboxylic acids is 1. The van der Waals surface area contributed by atoms with Crippen molar-refractivity contribution in [2.24, 2.45) is 5.73 Å². The number of carboxylic acid groups (broad SMARTS) is 1. The molecule has 7 nitrogen and oxygen atoms in total. The topological polar surface area (TPSA) is 119 Å². The van der Waals surface area contributed by atoms with E-state index in [2.05, 4.69) is 79.9 Å². The Morgan fingerprint density at radius 2 is 1.31 bits per heavy atom. The van der Waals surface area contributed by atoms with Crippen molar-refractivity contribution in [3.05, 3.63) is 60.8 Å². The minimum Gasteiger partial charge on any atom is -0.480 e. The minimum atomic E-state index is -1.03. The quantitative estimate of drug-likeness (QED) is 0.0512. The molecule has 2 atom stereocenters. The van der Waals surface area contributed by atoms with Crippen molar-refractivity contribution in [2.75, 3.05) is 6.54 Å². The van der Waals surface area contributed by atoms with Crippen molar-refractivity contribution >= 4 is 17.8 Å². The fourth-order valence-electron chi connectivity index (χ4n) is 4.24. The van der Waals surface area contributed by atoms with Gasteiger partial charge in [0.2, 0.25) is 5.91 Å². The molecule has 0 fully saturated rings. The van der Waals surface area contributed by atoms with Crippen molar-refractivity contribution in [3.8, 4) is 0 Å². The number of carbonyl (C=O) groups excluding carboxylic acids is 2. The summed E-state index contributed by atoms with van der Waals surface area (Å²) in [7, 11) is 0. The number of amides is 1. The monoisotopic (exact) mass is 586 g/mol. The second kappa shape index (κ2) is 29.6. The highest BCUT2D eigenvalue weighted by Crippen LogP contribution is 2.15. The van der Waals surface area contributed by atoms with Crippen LogP contribution in [0.15, 0.2) is 60.8 Å². The third kappa shape index (κ3) is 26.0. The number of unbranched alkanes of at least 4 members (excludes halogenated alkanes) is 3. The number of nitrogens with one attached hydrogen (secondary N) is 1. The number of hydrogen-bond donors (Lipinski definition) is 3. The van der Waals surface area contributed by atoms with Crippen LogP contribution in [0.2, 0.25) is 0 Å². The van der Waals surface area contributed by atoms with Crippen LogP contribution in [0.3, 0.4) is 0 Å². The van der Waals surface area contributed by atoms with Gasteiger partial charge >= 0.3 is 11.9 Å². The van der Waals surface area contributed by atoms with E-state index in [1.54, 1.807) is 0 Å². The van der Waals surface area contributed by atoms with Crippen molar-refractivity contribution in [3.63, 3.8) is 0 Å². The largest absolute Gasteiger partial charge is 0.480 e. The number of hydrogen-bond acceptors (Lipinski definition) is 5. The first-order valence-electron chi connectivity index (χ1n) is 16.1. The Labute approximate surface area is 255 Å². The van der Waals surface area contributed by atoms with E-state index in [0.717, 1.165) is 77.0 Å². The molecule has 42 heavy (non-hydrogen) atoms. The summed E-state index contributed by atoms with van der Waals surface area (Å²) in [5, 5.41) is 11.8. The highest BCUT2D eigenvalue weighted by atomic mass is 16.5. The Bertz CT molecular complexity index is 844. The number of allylic oxidation sites excluding steroid dienone is 10. The highest BCUT2D eigenvalue weighted by molar-refractivity contribution is 5.83. The van der Waals surface area contributed by atoms with E-state index in [4.69, 9.17) is 10.5 Å². The van der Waals surface area contributed by atoms with E-state index in [-0.39, 0.29) is 18.0 Å². The van der Waals surface area contributed by atoms with E-state index in [1.807, 2.05) is 0 Å². The van der Waals surface area contributed by atoms with Crippen LogP contribution in [-0.2, 0) is 19.1 Å². The fraction of sp³-hybridized carbons (Fsp3) is 0.629. The molecule has 7 heteroatoms. The van der Waals surface area contributed by atoms with E-state index < -0.39 is 12.0 Å². The molecule has 0 aliphatic rings. The average Bonchev–Trinajstić information content (AvgIpc) is 2.96. The lowest BCUT2D eigenvalue weighted by Gasteiger charge is -2.17. The van der Waals surface area contributed by atoms with Gasteiger partial charge in [0, 0.05) is 12.8 Å². The van der Waals surface area contributed by atoms with Crippen LogP contribution in [0.25, 0.3) is 0 Å². The zero-order chi connectivity index (χ0) is 31.1. The summed E-state index contributed by atoms with van der Waals surface area (Å²) in [6, 6.07) is -0.879. The Morgan fingerprint density at radius 1 is 0.714 bits per heavy atom. The van der Waals surface area contributed by atoms with E-state index in [9.17, 15) is 19.5 Å². The second-order valence-corrected chi connectivity index (χ2v) is 10.5. The SMILES string of the molecule is CC/C=C\C/C=C\C/C=C\C/C=C\C/C=C\CCCC(=O)OC(CCC)CCCCCC(=O)NC(CCCN)C(=O)O. The molecular weight excluding hydrogens is 528 g/mol. The molecule has 238 valence electrons. The van der Waals surface area contributed by atoms with E-state index in [1.165, 1.54) is 0 Å². The van der Waals surface area contributed by atoms with Crippen molar-refractivity contribution in [2.45, 2.75) is 135 Å². The third-order valence-electron chi connectivity index (χ3n) is 6.58. The van der Waals surface area contributed by atoms with Crippen LogP contribution in [0.4, 0.5) is 0 Å². The zero-order valence-corrected chi connectivity index (χ0v) is 26.3. The summed E-state index contributed by atoms with van der Waals surface area (Å²) in [5.74, 6) is -1.42. The molecule has 0 spiro atoms. The maximum absolute atomic E-state index is 12.3. The molecule has 0 radical (unpaired) electrons. The molecule has 4 N–H and O–H groups in total. The van der Waals surface area contributed by atoms with Gasteiger partial charge in [0.15, 0.2) is 0 Å². The molecule has 0 saturated heterocycles. The maximum atomic E-state index is 12.3. The van der Waals surface area contributed by atoms with Gasteiger partial charge in [-0.3, -0.25) is 9.59 Å². The molecule has 2 unspecified atom stereocenters. The molecule has 0 aromatic carbocycles. The van der Waals surface area contributed by atoms with Crippen LogP contribution in [0.1, 0.15) is 123 Å². The van der Waals surface area contributed by atoms with Crippen LogP contribution in [-0.4, -0.2) is 41.6 Å². The molecular formula is C35H58N2O5. The number of carbonyl (C=O) groups is 3. The summed E-state index contributed by atoms with van der Waals surface area (Å²) < 4.78 is 5.72. The van der Waals surface area contributed by atoms with Crippen LogP contribution in [0, 0.1) is 0 Å². The molecule has 0 rings (SSSR count). The van der Waals surface area contributed by atoms with Crippen molar-refractivity contribution in [1.29, 1.82) is 0 Å². The van der Waals surface area contributed by atoms with Gasteiger partial charge in [0.1, 0.15) is 12.1 Å². The van der Waals surface area contributed by atoms with Crippen LogP contribution >= 0.6 is 0 Å². The average molecular weight is 587 g/mol. The zero-order valence-electron chi connectivity index (χ0n) is 26.3. The first-order chi connectivity index (χ1) is 20.4. The standard InChI is InChI=1S/C35H58N2O5/c1-3-5-6-7-8-9-10-11-12-13-14-15-16-17-18-19-23-29-34(39)42-31(25-4-2)26-21-20-22-28-33(38)37-32(35(40)41)27-24-30-36/h5-6,8-9,11-12,14-15,17-18,31-32H,3-4,7,10,13,16,19-30,36H2,1-2H3,(H,37,38)(H,40,41)/b6-5-,9-8-,12-11-,15-14-,18-17-. The number of rotatable bonds is 27. The normalized spacial score (nSPS) is 13.6. The van der Waals surface area contributed by atoms with Crippen LogP contribution in [0.5, 0.6) is 0 Å². The molecule has 0 aliphatic carbocycles. The van der Waals surface area contributed by atoms with Gasteiger partial charge < -0.3 is 20.9 Å². The Kier molecular flexibility index (Phi) is 27.5. The lowest BCUT2D eigenvalue weighted by Crippen LogP contribution is -2.40. The van der Waals surface area contributed by atoms with Gasteiger partial charge in [-0.1, -0.05) is 87.4 Å². The van der Waals surface area contributed by atoms with Crippen molar-refractivity contribution < 1.29 is 24.2 Å². The lowest BCUT2D eigenvalue weighted by molar-refractivity contribution is -0.150. The Morgan fingerprint density at radius 3 is 1.86 bits per heavy atom. The summed E-state index contributed by atoms with van der Waals surface area (Å²) >= 11 is 0. The first-order valence-corrected chi connectivity index (χ1v) is 16.1. The summed E-state index contributed by atoms with van der Waals surface area (Å²) in [6.45, 7) is 4.62. The molecule has 0 bridgehead atoms. The Hall–Kier alpha value is -2.93. The smallest absolute Gasteiger partial charge is 0.326 e. The highest BCUT2D eigenvalue weighted by Gasteiger charge is 2.19. The van der Waals surface area contributed by atoms with Gasteiger partial charge in [-0.05, 0) is 90.0 Å². The van der Waals surface area contributed by atoms with Crippen molar-refractivity contribution in [1.82, 2.24) is 5.32 Å². The van der Waals surface area contributed by atoms with Gasteiger partial charge in [0.25, 0.3) is 0 Å². The summed E-state index contributed by atoms with van der Waals surface area (Å²) in [6.07, 6.45) is 34.8. The molecule has 0 aromatic heterocycles. The van der Waals surface area contributed by atoms with Gasteiger partial charge in [-0.25, -0.2) is 4.79 Å². The molecule has 0 aromatic rings. The Balaban J connectivity index is 3.99. The minimum absolute atomic E-state index is 0.0855. The fourth-order valence-corrected chi connectivity index (χ4v) is 4.24. The molecule has 0 heterocycles. The molecule has 1 amide bonds. The lowest BCUT2D eigenvalue weighted by atomic mass is 10.0. The van der Waals surface area contributed by atoms with E-state index >= 15 is 0 Å². The second-order valence-electron chi connectivity index (χ2n) is 10.5. The predicted molar refractivity (Wildman–Crippen MR) is 174 cm³/mol. The summed E-state index contributed by atoms with van der Waals surface area (Å²) in [5.41, 5.74) is 5.43. The van der Waals surface area contributed by atoms with E-state index in [0.29, 0.717) is 38.6 Å². The van der Waals surface area contributed by atoms with Gasteiger partial charge in [-0.2, -0.15) is 0 Å². The van der Waals surface area contributed by atoms with Crippen LogP contribution < -0.4 is 11.1 Å². The third-order valence-corrected chi connectivity index (χ3v) is 6.58.